The molecule has 2 N–H and O–H groups in total. The summed E-state index contributed by atoms with van der Waals surface area (Å²) in [5.74, 6) is 1.05. The van der Waals surface area contributed by atoms with Crippen LogP contribution in [0.4, 0.5) is 0 Å². The zero-order valence-corrected chi connectivity index (χ0v) is 74.9. The van der Waals surface area contributed by atoms with Gasteiger partial charge in [-0.1, -0.05) is 360 Å². The van der Waals surface area contributed by atoms with Gasteiger partial charge in [-0.3, -0.25) is 0 Å². The molecule has 120 heavy (non-hydrogen) atoms. The number of hydrogen-bond acceptors (Lipinski definition) is 5. The number of benzene rings is 12. The van der Waals surface area contributed by atoms with Gasteiger partial charge in [0.05, 0.1) is 11.4 Å². The van der Waals surface area contributed by atoms with E-state index in [0.29, 0.717) is 34.2 Å². The van der Waals surface area contributed by atoms with Crippen LogP contribution in [0.5, 0.6) is 0 Å². The Balaban J connectivity index is 1.05. The van der Waals surface area contributed by atoms with Crippen LogP contribution in [0, 0.1) is 0 Å². The average Bonchev–Trinajstić information content (AvgIpc) is 1.57. The predicted molar refractivity (Wildman–Crippen MR) is 511 cm³/mol. The molecule has 15 aromatic rings. The van der Waals surface area contributed by atoms with E-state index in [9.17, 15) is 0 Å². The van der Waals surface area contributed by atoms with Gasteiger partial charge in [-0.25, -0.2) is 24.9 Å². The molecular weight excluding hydrogens is 1460 g/mol. The minimum absolute atomic E-state index is 0.0515. The lowest BCUT2D eigenvalue weighted by atomic mass is 9.84. The highest BCUT2D eigenvalue weighted by atomic mass is 15.0. The number of nitrogens with zero attached hydrogens (tertiary/aromatic N) is 5. The number of fused-ring (bicyclic) bond motifs is 20. The number of aromatic nitrogens is 7. The van der Waals surface area contributed by atoms with Gasteiger partial charge in [0, 0.05) is 43.8 Å². The van der Waals surface area contributed by atoms with E-state index in [4.69, 9.17) is 24.9 Å². The quantitative estimate of drug-likeness (QED) is 0.158. The Labute approximate surface area is 711 Å². The summed E-state index contributed by atoms with van der Waals surface area (Å²) in [5.41, 5.74) is 34.8. The molecule has 2 aliphatic rings. The van der Waals surface area contributed by atoms with Crippen molar-refractivity contribution in [2.24, 2.45) is 0 Å². The highest BCUT2D eigenvalue weighted by molar-refractivity contribution is 6.12. The van der Waals surface area contributed by atoms with Gasteiger partial charge in [0.1, 0.15) is 22.6 Å². The molecule has 8 bridgehead atoms. The van der Waals surface area contributed by atoms with E-state index in [1.807, 2.05) is 0 Å². The van der Waals surface area contributed by atoms with Gasteiger partial charge in [0.25, 0.3) is 0 Å². The summed E-state index contributed by atoms with van der Waals surface area (Å²) >= 11 is 0. The van der Waals surface area contributed by atoms with Crippen molar-refractivity contribution < 1.29 is 0 Å². The third-order valence-corrected chi connectivity index (χ3v) is 25.0. The molecule has 0 spiro atoms. The molecule has 17 rings (SSSR count). The first-order valence-electron chi connectivity index (χ1n) is 43.0. The highest BCUT2D eigenvalue weighted by Crippen LogP contribution is 2.50. The lowest BCUT2D eigenvalue weighted by molar-refractivity contribution is 0.590. The predicted octanol–water partition coefficient (Wildman–Crippen LogP) is 31.2. The molecule has 0 fully saturated rings. The van der Waals surface area contributed by atoms with Crippen LogP contribution >= 0.6 is 0 Å². The van der Waals surface area contributed by atoms with Crippen molar-refractivity contribution in [3.05, 3.63) is 293 Å². The maximum absolute atomic E-state index is 6.06. The maximum Gasteiger partial charge on any atom is 0.164 e. The van der Waals surface area contributed by atoms with Crippen LogP contribution in [0.2, 0.25) is 0 Å². The minimum Gasteiger partial charge on any atom is -0.324 e. The third kappa shape index (κ3) is 15.4. The number of hydrogen-bond donors (Lipinski definition) is 2. The van der Waals surface area contributed by atoms with E-state index in [1.165, 1.54) is 44.5 Å². The van der Waals surface area contributed by atoms with Crippen LogP contribution in [0.3, 0.4) is 0 Å². The van der Waals surface area contributed by atoms with Gasteiger partial charge >= 0.3 is 0 Å². The number of nitrogens with one attached hydrogen (secondary N) is 2. The standard InChI is InChI=1S/C113H115N7/c1-106(2,3)74-41-25-66(26-42-74)82-57-90-91(58-83(82)67-27-43-75(44-28-67)107(4,5)6)99-65-98(90)114-100-92-59-84(68-29-45-76(46-30-68)108(7,8)9)86(70-33-49-78(50-34-70)110(13,14)15)61-94(92)102(116-100)118-104-96-63-88(72-37-53-80(54-38-72)112(19,20)21)89(73-39-55-81(56-40-73)113(22,23)24)64-97(96)105(120-104)119-103-95-62-87(71-35-51-79(52-36-71)111(16,17)18)85(60-93(95)101(115-99)117-103)69-31-47-77(48-32-69)109(10,11)12/h25-65H,1-24H3,(H2,114,115,116,117,118,119,120). The Hall–Kier alpha value is -11.9. The van der Waals surface area contributed by atoms with Crippen molar-refractivity contribution in [3.8, 4) is 134 Å². The number of rotatable bonds is 8. The van der Waals surface area contributed by atoms with E-state index in [2.05, 4.69) is 425 Å². The van der Waals surface area contributed by atoms with Crippen LogP contribution in [-0.2, 0) is 43.3 Å². The molecule has 12 aromatic carbocycles. The fraction of sp³-hybridized carbons (Fsp3) is 0.283. The summed E-state index contributed by atoms with van der Waals surface area (Å²) in [6.45, 7) is 54.8. The summed E-state index contributed by atoms with van der Waals surface area (Å²) in [6.07, 6.45) is 0. The lowest BCUT2D eigenvalue weighted by Gasteiger charge is -2.21. The third-order valence-electron chi connectivity index (χ3n) is 25.0. The molecule has 1 aliphatic carbocycles. The highest BCUT2D eigenvalue weighted by Gasteiger charge is 2.31. The second kappa shape index (κ2) is 28.9. The molecule has 3 aromatic heterocycles. The summed E-state index contributed by atoms with van der Waals surface area (Å²) in [4.78, 5) is 37.9. The lowest BCUT2D eigenvalue weighted by Crippen LogP contribution is -2.10. The van der Waals surface area contributed by atoms with E-state index < -0.39 is 0 Å². The molecule has 0 radical (unpaired) electrons. The van der Waals surface area contributed by atoms with Crippen molar-refractivity contribution in [3.63, 3.8) is 0 Å². The van der Waals surface area contributed by atoms with E-state index in [1.54, 1.807) is 0 Å². The zero-order valence-electron chi connectivity index (χ0n) is 74.9. The largest absolute Gasteiger partial charge is 0.324 e. The molecule has 1 aliphatic heterocycles. The molecule has 0 atom stereocenters. The first-order valence-corrected chi connectivity index (χ1v) is 43.0. The fourth-order valence-corrected chi connectivity index (χ4v) is 17.2. The average molecular weight is 1570 g/mol. The molecule has 7 heteroatoms. The van der Waals surface area contributed by atoms with Gasteiger partial charge in [-0.2, -0.15) is 0 Å². The molecule has 0 saturated carbocycles. The molecule has 4 heterocycles. The molecule has 0 amide bonds. The molecule has 0 saturated heterocycles. The van der Waals surface area contributed by atoms with Crippen LogP contribution in [0.25, 0.3) is 178 Å². The number of aromatic amines is 2. The first-order chi connectivity index (χ1) is 56.4. The minimum atomic E-state index is -0.0576. The van der Waals surface area contributed by atoms with Crippen LogP contribution < -0.4 is 0 Å². The fourth-order valence-electron chi connectivity index (χ4n) is 17.2. The van der Waals surface area contributed by atoms with Crippen molar-refractivity contribution in [1.29, 1.82) is 0 Å². The van der Waals surface area contributed by atoms with Gasteiger partial charge in [-0.05, 0) is 231 Å². The summed E-state index contributed by atoms with van der Waals surface area (Å²) in [5, 5.41) is 3.63. The van der Waals surface area contributed by atoms with Crippen LogP contribution in [0.1, 0.15) is 211 Å². The zero-order chi connectivity index (χ0) is 85.0. The Morgan fingerprint density at radius 1 is 0.158 bits per heavy atom. The van der Waals surface area contributed by atoms with Crippen molar-refractivity contribution in [2.45, 2.75) is 209 Å². The maximum atomic E-state index is 6.06. The SMILES string of the molecule is CC(C)(C)c1ccc(-c2cc3c(cc2-c2ccc(C(C)(C)C)cc2)-c2cc-3nc3[nH]c(nc4nc(nc5[nH]c(n2)c2cc(-c6ccc(C(C)(C)C)cc6)c(-c6ccc(C(C)(C)C)cc6)cc52)-c2cc(-c5ccc(C(C)(C)C)cc5)c(-c5ccc(C(C)(C)C)cc5)cc2-4)c2cc(-c4ccc(C(C)(C)C)cc4)c(-c4ccc(C(C)(C)C)cc4)cc32)cc1. The van der Waals surface area contributed by atoms with Gasteiger partial charge in [0.15, 0.2) is 11.6 Å². The van der Waals surface area contributed by atoms with E-state index >= 15 is 0 Å². The first kappa shape index (κ1) is 80.5. The van der Waals surface area contributed by atoms with Crippen LogP contribution in [-0.4, -0.2) is 34.9 Å². The Morgan fingerprint density at radius 3 is 0.492 bits per heavy atom. The van der Waals surface area contributed by atoms with Gasteiger partial charge in [0.2, 0.25) is 0 Å². The summed E-state index contributed by atoms with van der Waals surface area (Å²) < 4.78 is 0. The van der Waals surface area contributed by atoms with Crippen molar-refractivity contribution in [1.82, 2.24) is 34.9 Å². The monoisotopic (exact) mass is 1570 g/mol. The Bertz CT molecular complexity index is 5900. The van der Waals surface area contributed by atoms with Crippen LogP contribution in [0.15, 0.2) is 249 Å². The second-order valence-corrected chi connectivity index (χ2v) is 42.2. The van der Waals surface area contributed by atoms with E-state index in [-0.39, 0.29) is 43.3 Å². The van der Waals surface area contributed by atoms with E-state index in [0.717, 1.165) is 144 Å². The summed E-state index contributed by atoms with van der Waals surface area (Å²) in [7, 11) is 0. The topological polar surface area (TPSA) is 96.0 Å². The summed E-state index contributed by atoms with van der Waals surface area (Å²) in [6, 6.07) is 94.5. The van der Waals surface area contributed by atoms with Crippen molar-refractivity contribution >= 4 is 44.1 Å². The molecule has 7 nitrogen and oxygen atoms in total. The van der Waals surface area contributed by atoms with Gasteiger partial charge in [-0.15, -0.1) is 0 Å². The normalized spacial score (nSPS) is 13.0. The van der Waals surface area contributed by atoms with Crippen molar-refractivity contribution in [2.75, 3.05) is 0 Å². The smallest absolute Gasteiger partial charge is 0.164 e. The Morgan fingerprint density at radius 2 is 0.317 bits per heavy atom. The number of H-pyrrole nitrogens is 2. The second-order valence-electron chi connectivity index (χ2n) is 42.2. The molecule has 602 valence electrons. The Kier molecular flexibility index (Phi) is 19.4. The molecular formula is C113H115N7. The van der Waals surface area contributed by atoms with Gasteiger partial charge < -0.3 is 9.97 Å². The molecule has 0 unspecified atom stereocenters.